The average Bonchev–Trinajstić information content (AvgIpc) is 2.05. The van der Waals surface area contributed by atoms with Crippen molar-refractivity contribution in [1.82, 2.24) is 0 Å². The fourth-order valence-corrected chi connectivity index (χ4v) is 1.20. The third-order valence-electron chi connectivity index (χ3n) is 1.82. The fourth-order valence-electron chi connectivity index (χ4n) is 1.20. The molecule has 1 rings (SSSR count). The van der Waals surface area contributed by atoms with Gasteiger partial charge in [-0.15, -0.1) is 0 Å². The van der Waals surface area contributed by atoms with Crippen LogP contribution in [-0.2, 0) is 0 Å². The summed E-state index contributed by atoms with van der Waals surface area (Å²) < 4.78 is 0. The molecule has 3 N–H and O–H groups in total. The van der Waals surface area contributed by atoms with E-state index in [9.17, 15) is 0 Å². The zero-order valence-corrected chi connectivity index (χ0v) is 7.27. The van der Waals surface area contributed by atoms with Crippen LogP contribution >= 0.6 is 0 Å². The highest BCUT2D eigenvalue weighted by atomic mass is 16.3. The highest BCUT2D eigenvalue weighted by molar-refractivity contribution is 5.18. The summed E-state index contributed by atoms with van der Waals surface area (Å²) in [4.78, 5) is 0. The van der Waals surface area contributed by atoms with Gasteiger partial charge in [0, 0.05) is 6.04 Å². The van der Waals surface area contributed by atoms with Crippen molar-refractivity contribution in [2.75, 3.05) is 0 Å². The van der Waals surface area contributed by atoms with Gasteiger partial charge in [-0.1, -0.05) is 30.3 Å². The maximum atomic E-state index is 9.10. The van der Waals surface area contributed by atoms with Crippen molar-refractivity contribution in [3.05, 3.63) is 35.9 Å². The number of benzene rings is 1. The number of hydrogen-bond acceptors (Lipinski definition) is 2. The smallest absolute Gasteiger partial charge is 0.0530 e. The van der Waals surface area contributed by atoms with Crippen molar-refractivity contribution in [2.45, 2.75) is 25.5 Å². The zero-order chi connectivity index (χ0) is 8.97. The third kappa shape index (κ3) is 2.64. The molecular weight excluding hydrogens is 150 g/mol. The highest BCUT2D eigenvalue weighted by Crippen LogP contribution is 2.14. The minimum atomic E-state index is -0.333. The molecule has 0 aliphatic rings. The molecule has 0 saturated heterocycles. The van der Waals surface area contributed by atoms with Gasteiger partial charge in [0.15, 0.2) is 0 Å². The minimum Gasteiger partial charge on any atom is -0.393 e. The molecule has 0 spiro atoms. The standard InChI is InChI=1S/C10H15NO/c1-8(12)7-10(11)9-5-3-2-4-6-9/h2-6,8,10,12H,7,11H2,1H3/t8-,10?/m0/s1. The second-order valence-electron chi connectivity index (χ2n) is 3.10. The van der Waals surface area contributed by atoms with Crippen LogP contribution in [0.3, 0.4) is 0 Å². The van der Waals surface area contributed by atoms with E-state index in [-0.39, 0.29) is 12.1 Å². The molecule has 0 aliphatic heterocycles. The van der Waals surface area contributed by atoms with Crippen molar-refractivity contribution in [3.63, 3.8) is 0 Å². The lowest BCUT2D eigenvalue weighted by atomic mass is 10.0. The SMILES string of the molecule is C[C@H](O)CC(N)c1ccccc1. The fraction of sp³-hybridized carbons (Fsp3) is 0.400. The first-order valence-corrected chi connectivity index (χ1v) is 4.18. The number of hydrogen-bond donors (Lipinski definition) is 2. The van der Waals surface area contributed by atoms with Gasteiger partial charge >= 0.3 is 0 Å². The Labute approximate surface area is 73.0 Å². The molecule has 0 radical (unpaired) electrons. The number of aliphatic hydroxyl groups is 1. The quantitative estimate of drug-likeness (QED) is 0.712. The van der Waals surface area contributed by atoms with E-state index in [1.807, 2.05) is 30.3 Å². The van der Waals surface area contributed by atoms with Crippen molar-refractivity contribution < 1.29 is 5.11 Å². The van der Waals surface area contributed by atoms with Crippen LogP contribution < -0.4 is 5.73 Å². The van der Waals surface area contributed by atoms with Crippen molar-refractivity contribution >= 4 is 0 Å². The monoisotopic (exact) mass is 165 g/mol. The van der Waals surface area contributed by atoms with Gasteiger partial charge in [-0.3, -0.25) is 0 Å². The predicted molar refractivity (Wildman–Crippen MR) is 49.7 cm³/mol. The van der Waals surface area contributed by atoms with Crippen molar-refractivity contribution in [2.24, 2.45) is 5.73 Å². The van der Waals surface area contributed by atoms with Gasteiger partial charge in [-0.05, 0) is 18.9 Å². The van der Waals surface area contributed by atoms with Crippen molar-refractivity contribution in [1.29, 1.82) is 0 Å². The maximum absolute atomic E-state index is 9.10. The van der Waals surface area contributed by atoms with Crippen LogP contribution in [0.15, 0.2) is 30.3 Å². The van der Waals surface area contributed by atoms with E-state index in [1.54, 1.807) is 6.92 Å². The van der Waals surface area contributed by atoms with Crippen LogP contribution in [0.25, 0.3) is 0 Å². The van der Waals surface area contributed by atoms with Crippen LogP contribution in [0, 0.1) is 0 Å². The van der Waals surface area contributed by atoms with E-state index in [4.69, 9.17) is 10.8 Å². The third-order valence-corrected chi connectivity index (χ3v) is 1.82. The first kappa shape index (κ1) is 9.23. The average molecular weight is 165 g/mol. The van der Waals surface area contributed by atoms with Gasteiger partial charge in [0.2, 0.25) is 0 Å². The first-order valence-electron chi connectivity index (χ1n) is 4.18. The second kappa shape index (κ2) is 4.24. The van der Waals surface area contributed by atoms with E-state index in [1.165, 1.54) is 0 Å². The molecule has 2 atom stereocenters. The lowest BCUT2D eigenvalue weighted by Gasteiger charge is -2.13. The van der Waals surface area contributed by atoms with Gasteiger partial charge < -0.3 is 10.8 Å². The molecule has 1 aromatic carbocycles. The van der Waals surface area contributed by atoms with Gasteiger partial charge in [0.05, 0.1) is 6.10 Å². The van der Waals surface area contributed by atoms with Gasteiger partial charge in [-0.25, -0.2) is 0 Å². The summed E-state index contributed by atoms with van der Waals surface area (Å²) >= 11 is 0. The molecule has 0 aromatic heterocycles. The van der Waals surface area contributed by atoms with Crippen LogP contribution in [0.4, 0.5) is 0 Å². The summed E-state index contributed by atoms with van der Waals surface area (Å²) in [6.07, 6.45) is 0.282. The van der Waals surface area contributed by atoms with Crippen LogP contribution in [0.1, 0.15) is 24.9 Å². The lowest BCUT2D eigenvalue weighted by Crippen LogP contribution is -2.16. The van der Waals surface area contributed by atoms with E-state index in [0.717, 1.165) is 5.56 Å². The molecule has 66 valence electrons. The van der Waals surface area contributed by atoms with E-state index < -0.39 is 0 Å². The Kier molecular flexibility index (Phi) is 3.26. The second-order valence-corrected chi connectivity index (χ2v) is 3.10. The van der Waals surface area contributed by atoms with E-state index in [0.29, 0.717) is 6.42 Å². The lowest BCUT2D eigenvalue weighted by molar-refractivity contribution is 0.175. The molecule has 0 saturated carbocycles. The summed E-state index contributed by atoms with van der Waals surface area (Å²) in [5.41, 5.74) is 6.92. The molecule has 0 aliphatic carbocycles. The Balaban J connectivity index is 2.59. The Morgan fingerprint density at radius 1 is 1.33 bits per heavy atom. The maximum Gasteiger partial charge on any atom is 0.0530 e. The molecule has 0 fully saturated rings. The van der Waals surface area contributed by atoms with Gasteiger partial charge in [0.25, 0.3) is 0 Å². The predicted octanol–water partition coefficient (Wildman–Crippen LogP) is 1.46. The normalized spacial score (nSPS) is 15.6. The summed E-state index contributed by atoms with van der Waals surface area (Å²) in [7, 11) is 0. The van der Waals surface area contributed by atoms with E-state index in [2.05, 4.69) is 0 Å². The molecule has 0 bridgehead atoms. The van der Waals surface area contributed by atoms with Gasteiger partial charge in [0.1, 0.15) is 0 Å². The summed E-state index contributed by atoms with van der Waals surface area (Å²) in [6.45, 7) is 1.75. The minimum absolute atomic E-state index is 0.0498. The van der Waals surface area contributed by atoms with Crippen LogP contribution in [0.5, 0.6) is 0 Å². The van der Waals surface area contributed by atoms with E-state index >= 15 is 0 Å². The molecule has 2 nitrogen and oxygen atoms in total. The molecule has 0 heterocycles. The molecule has 2 heteroatoms. The number of nitrogens with two attached hydrogens (primary N) is 1. The zero-order valence-electron chi connectivity index (χ0n) is 7.27. The Morgan fingerprint density at radius 2 is 1.92 bits per heavy atom. The van der Waals surface area contributed by atoms with Crippen molar-refractivity contribution in [3.8, 4) is 0 Å². The molecule has 1 unspecified atom stereocenters. The largest absolute Gasteiger partial charge is 0.393 e. The first-order chi connectivity index (χ1) is 5.70. The van der Waals surface area contributed by atoms with Crippen LogP contribution in [-0.4, -0.2) is 11.2 Å². The summed E-state index contributed by atoms with van der Waals surface area (Å²) in [5, 5.41) is 9.10. The Morgan fingerprint density at radius 3 is 2.42 bits per heavy atom. The summed E-state index contributed by atoms with van der Waals surface area (Å²) in [6, 6.07) is 9.78. The molecule has 12 heavy (non-hydrogen) atoms. The highest BCUT2D eigenvalue weighted by Gasteiger charge is 2.07. The number of rotatable bonds is 3. The summed E-state index contributed by atoms with van der Waals surface area (Å²) in [5.74, 6) is 0. The Hall–Kier alpha value is -0.860. The Bertz CT molecular complexity index is 221. The van der Waals surface area contributed by atoms with Crippen LogP contribution in [0.2, 0.25) is 0 Å². The molecular formula is C10H15NO. The number of aliphatic hydroxyl groups excluding tert-OH is 1. The van der Waals surface area contributed by atoms with Gasteiger partial charge in [-0.2, -0.15) is 0 Å². The topological polar surface area (TPSA) is 46.2 Å². The molecule has 1 aromatic rings. The molecule has 0 amide bonds.